The van der Waals surface area contributed by atoms with Crippen molar-refractivity contribution in [3.05, 3.63) is 69.9 Å². The molecule has 2 heterocycles. The van der Waals surface area contributed by atoms with Gasteiger partial charge in [0.1, 0.15) is 5.76 Å². The smallest absolute Gasteiger partial charge is 0.250 e. The van der Waals surface area contributed by atoms with Gasteiger partial charge in [0.25, 0.3) is 5.91 Å². The molecule has 2 aromatic carbocycles. The SMILES string of the molecule is O=C(CSc1nc2ccccc2s1)N/N=C/c1cc(Br)c(Sc2ccc(Cl)cc2)o1. The zero-order valence-corrected chi connectivity index (χ0v) is 20.0. The van der Waals surface area contributed by atoms with Crippen molar-refractivity contribution in [2.24, 2.45) is 5.10 Å². The van der Waals surface area contributed by atoms with Gasteiger partial charge in [0.05, 0.1) is 26.7 Å². The largest absolute Gasteiger partial charge is 0.447 e. The second-order valence-electron chi connectivity index (χ2n) is 5.87. The molecule has 0 radical (unpaired) electrons. The molecule has 10 heteroatoms. The molecule has 0 unspecified atom stereocenters. The maximum atomic E-state index is 12.0. The second kappa shape index (κ2) is 10.0. The molecule has 0 spiro atoms. The van der Waals surface area contributed by atoms with Crippen LogP contribution < -0.4 is 5.43 Å². The van der Waals surface area contributed by atoms with Crippen LogP contribution in [0.1, 0.15) is 5.76 Å². The summed E-state index contributed by atoms with van der Waals surface area (Å²) in [5, 5.41) is 5.35. The number of carbonyl (C=O) groups excluding carboxylic acids is 1. The Balaban J connectivity index is 1.29. The van der Waals surface area contributed by atoms with Crippen LogP contribution in [0.5, 0.6) is 0 Å². The van der Waals surface area contributed by atoms with E-state index in [-0.39, 0.29) is 11.7 Å². The highest BCUT2D eigenvalue weighted by molar-refractivity contribution is 9.10. The van der Waals surface area contributed by atoms with Gasteiger partial charge in [0, 0.05) is 16.0 Å². The third-order valence-corrected chi connectivity index (χ3v) is 7.96. The van der Waals surface area contributed by atoms with E-state index in [4.69, 9.17) is 16.0 Å². The number of rotatable bonds is 7. The maximum Gasteiger partial charge on any atom is 0.250 e. The summed E-state index contributed by atoms with van der Waals surface area (Å²) in [5.41, 5.74) is 3.45. The molecule has 0 fully saturated rings. The summed E-state index contributed by atoms with van der Waals surface area (Å²) >= 11 is 13.8. The van der Waals surface area contributed by atoms with Crippen LogP contribution in [-0.2, 0) is 4.79 Å². The van der Waals surface area contributed by atoms with Crippen molar-refractivity contribution in [2.45, 2.75) is 14.3 Å². The van der Waals surface area contributed by atoms with Crippen LogP contribution in [0.2, 0.25) is 5.02 Å². The van der Waals surface area contributed by atoms with E-state index in [1.54, 1.807) is 17.4 Å². The number of furan rings is 1. The summed E-state index contributed by atoms with van der Waals surface area (Å²) in [6, 6.07) is 17.2. The normalized spacial score (nSPS) is 11.4. The number of thioether (sulfide) groups is 1. The molecule has 0 saturated carbocycles. The number of aromatic nitrogens is 1. The summed E-state index contributed by atoms with van der Waals surface area (Å²) in [5.74, 6) is 0.547. The maximum absolute atomic E-state index is 12.0. The fourth-order valence-corrected chi connectivity index (χ4v) is 5.67. The fourth-order valence-electron chi connectivity index (χ4n) is 2.35. The Morgan fingerprint density at radius 2 is 2.07 bits per heavy atom. The summed E-state index contributed by atoms with van der Waals surface area (Å²) < 4.78 is 8.53. The molecule has 0 bridgehead atoms. The summed E-state index contributed by atoms with van der Waals surface area (Å²) in [6.07, 6.45) is 1.47. The molecule has 1 amide bonds. The number of benzene rings is 2. The standard InChI is InChI=1S/C20H13BrClN3O2S3/c21-15-9-13(27-19(15)29-14-7-5-12(22)6-8-14)10-23-25-18(26)11-28-20-24-16-3-1-2-4-17(16)30-20/h1-10H,11H2,(H,25,26)/b23-10+. The number of thiazole rings is 1. The highest BCUT2D eigenvalue weighted by Gasteiger charge is 2.10. The van der Waals surface area contributed by atoms with Crippen LogP contribution in [0.25, 0.3) is 10.2 Å². The van der Waals surface area contributed by atoms with E-state index >= 15 is 0 Å². The first kappa shape index (κ1) is 21.5. The molecule has 1 N–H and O–H groups in total. The number of hydrogen-bond donors (Lipinski definition) is 1. The lowest BCUT2D eigenvalue weighted by Crippen LogP contribution is -2.19. The van der Waals surface area contributed by atoms with Crippen molar-refractivity contribution < 1.29 is 9.21 Å². The molecule has 0 aliphatic carbocycles. The van der Waals surface area contributed by atoms with E-state index in [9.17, 15) is 4.79 Å². The average molecular weight is 539 g/mol. The van der Waals surface area contributed by atoms with E-state index in [1.165, 1.54) is 29.7 Å². The minimum absolute atomic E-state index is 0.211. The molecule has 30 heavy (non-hydrogen) atoms. The van der Waals surface area contributed by atoms with Crippen LogP contribution in [0.15, 0.2) is 82.9 Å². The highest BCUT2D eigenvalue weighted by Crippen LogP contribution is 2.36. The third kappa shape index (κ3) is 5.67. The Labute approximate surface area is 198 Å². The van der Waals surface area contributed by atoms with Crippen molar-refractivity contribution >= 4 is 84.7 Å². The zero-order chi connectivity index (χ0) is 20.9. The van der Waals surface area contributed by atoms with E-state index in [0.29, 0.717) is 15.9 Å². The van der Waals surface area contributed by atoms with Crippen molar-refractivity contribution in [1.82, 2.24) is 10.4 Å². The fraction of sp³-hybridized carbons (Fsp3) is 0.0500. The molecule has 5 nitrogen and oxygen atoms in total. The third-order valence-electron chi connectivity index (χ3n) is 3.68. The van der Waals surface area contributed by atoms with Gasteiger partial charge in [0.15, 0.2) is 9.43 Å². The molecule has 0 atom stereocenters. The lowest BCUT2D eigenvalue weighted by Gasteiger charge is -1.99. The van der Waals surface area contributed by atoms with Crippen molar-refractivity contribution in [1.29, 1.82) is 0 Å². The van der Waals surface area contributed by atoms with Crippen LogP contribution in [-0.4, -0.2) is 22.9 Å². The van der Waals surface area contributed by atoms with Crippen LogP contribution >= 0.6 is 62.4 Å². The van der Waals surface area contributed by atoms with Gasteiger partial charge >= 0.3 is 0 Å². The molecule has 0 aliphatic heterocycles. The highest BCUT2D eigenvalue weighted by atomic mass is 79.9. The number of fused-ring (bicyclic) bond motifs is 1. The molecular formula is C20H13BrClN3O2S3. The number of carbonyl (C=O) groups is 1. The Hall–Kier alpha value is -1.78. The summed E-state index contributed by atoms with van der Waals surface area (Å²) in [4.78, 5) is 17.5. The van der Waals surface area contributed by atoms with Crippen molar-refractivity contribution in [3.63, 3.8) is 0 Å². The Morgan fingerprint density at radius 1 is 1.27 bits per heavy atom. The number of nitrogens with zero attached hydrogens (tertiary/aromatic N) is 2. The zero-order valence-electron chi connectivity index (χ0n) is 15.2. The van der Waals surface area contributed by atoms with Gasteiger partial charge in [-0.2, -0.15) is 5.10 Å². The predicted octanol–water partition coefficient (Wildman–Crippen LogP) is 6.70. The van der Waals surface area contributed by atoms with Gasteiger partial charge in [-0.15, -0.1) is 11.3 Å². The van der Waals surface area contributed by atoms with Crippen LogP contribution in [0.4, 0.5) is 0 Å². The number of halogens is 2. The van der Waals surface area contributed by atoms with Crippen molar-refractivity contribution in [2.75, 3.05) is 5.75 Å². The number of hydrazone groups is 1. The molecule has 4 aromatic rings. The molecular weight excluding hydrogens is 526 g/mol. The van der Waals surface area contributed by atoms with Gasteiger partial charge < -0.3 is 4.42 Å². The van der Waals surface area contributed by atoms with E-state index in [2.05, 4.69) is 31.4 Å². The minimum Gasteiger partial charge on any atom is -0.447 e. The van der Waals surface area contributed by atoms with Gasteiger partial charge in [-0.1, -0.05) is 47.3 Å². The number of amides is 1. The van der Waals surface area contributed by atoms with E-state index in [1.807, 2.05) is 48.5 Å². The van der Waals surface area contributed by atoms with Gasteiger partial charge in [0.2, 0.25) is 0 Å². The predicted molar refractivity (Wildman–Crippen MR) is 128 cm³/mol. The van der Waals surface area contributed by atoms with E-state index < -0.39 is 0 Å². The lowest BCUT2D eigenvalue weighted by molar-refractivity contribution is -0.118. The Kier molecular flexibility index (Phi) is 7.16. The van der Waals surface area contributed by atoms with Crippen LogP contribution in [0, 0.1) is 0 Å². The Bertz CT molecular complexity index is 1170. The molecule has 0 aliphatic rings. The number of nitrogens with one attached hydrogen (secondary N) is 1. The summed E-state index contributed by atoms with van der Waals surface area (Å²) in [6.45, 7) is 0. The quantitative estimate of drug-likeness (QED) is 0.161. The van der Waals surface area contributed by atoms with Gasteiger partial charge in [-0.3, -0.25) is 4.79 Å². The molecule has 2 aromatic heterocycles. The van der Waals surface area contributed by atoms with Crippen molar-refractivity contribution in [3.8, 4) is 0 Å². The van der Waals surface area contributed by atoms with Crippen LogP contribution in [0.3, 0.4) is 0 Å². The van der Waals surface area contributed by atoms with Gasteiger partial charge in [-0.25, -0.2) is 10.4 Å². The molecule has 152 valence electrons. The first-order valence-corrected chi connectivity index (χ1v) is 12.4. The second-order valence-corrected chi connectivity index (χ2v) is 10.5. The first-order valence-electron chi connectivity index (χ1n) is 8.60. The summed E-state index contributed by atoms with van der Waals surface area (Å²) in [7, 11) is 0. The van der Waals surface area contributed by atoms with E-state index in [0.717, 1.165) is 23.9 Å². The Morgan fingerprint density at radius 3 is 2.87 bits per heavy atom. The molecule has 4 rings (SSSR count). The average Bonchev–Trinajstić information content (AvgIpc) is 3.31. The minimum atomic E-state index is -0.211. The van der Waals surface area contributed by atoms with Gasteiger partial charge in [-0.05, 0) is 52.3 Å². The monoisotopic (exact) mass is 537 g/mol. The molecule has 0 saturated heterocycles. The number of para-hydroxylation sites is 1. The number of hydrogen-bond acceptors (Lipinski definition) is 7. The lowest BCUT2D eigenvalue weighted by atomic mass is 10.3. The first-order chi connectivity index (χ1) is 14.6. The topological polar surface area (TPSA) is 67.5 Å².